The Labute approximate surface area is 112 Å². The minimum atomic E-state index is 0.150. The maximum atomic E-state index is 12.1. The van der Waals surface area contributed by atoms with E-state index in [1.807, 2.05) is 23.4 Å². The first-order valence-corrected chi connectivity index (χ1v) is 7.32. The fourth-order valence-electron chi connectivity index (χ4n) is 2.38. The van der Waals surface area contributed by atoms with E-state index in [9.17, 15) is 4.79 Å². The van der Waals surface area contributed by atoms with Crippen molar-refractivity contribution in [3.63, 3.8) is 0 Å². The first kappa shape index (κ1) is 13.5. The van der Waals surface area contributed by atoms with E-state index in [0.717, 1.165) is 25.9 Å². The Morgan fingerprint density at radius 3 is 2.83 bits per heavy atom. The number of hydrogen-bond donors (Lipinski definition) is 1. The molecule has 1 aliphatic heterocycles. The number of carbonyl (C=O) groups excluding carboxylic acids is 1. The Morgan fingerprint density at radius 2 is 2.28 bits per heavy atom. The quantitative estimate of drug-likeness (QED) is 0.875. The number of nitrogens with zero attached hydrogens (tertiary/aromatic N) is 2. The van der Waals surface area contributed by atoms with Gasteiger partial charge in [-0.2, -0.15) is 0 Å². The summed E-state index contributed by atoms with van der Waals surface area (Å²) in [7, 11) is 1.98. The molecule has 1 fully saturated rings. The van der Waals surface area contributed by atoms with Crippen LogP contribution < -0.4 is 5.73 Å². The Hall–Kier alpha value is -0.910. The van der Waals surface area contributed by atoms with Crippen molar-refractivity contribution in [1.29, 1.82) is 0 Å². The second-order valence-electron chi connectivity index (χ2n) is 4.77. The van der Waals surface area contributed by atoms with Crippen LogP contribution in [0.25, 0.3) is 0 Å². The summed E-state index contributed by atoms with van der Waals surface area (Å²) in [5.74, 6) is 0.227. The van der Waals surface area contributed by atoms with E-state index in [0.29, 0.717) is 13.1 Å². The Kier molecular flexibility index (Phi) is 4.74. The maximum Gasteiger partial charge on any atom is 0.236 e. The fourth-order valence-corrected chi connectivity index (χ4v) is 3.29. The van der Waals surface area contributed by atoms with Crippen LogP contribution >= 0.6 is 11.3 Å². The molecule has 0 saturated carbocycles. The molecular weight excluding hydrogens is 246 g/mol. The second-order valence-corrected chi connectivity index (χ2v) is 5.75. The lowest BCUT2D eigenvalue weighted by atomic mass is 10.2. The third-order valence-electron chi connectivity index (χ3n) is 3.47. The van der Waals surface area contributed by atoms with Crippen LogP contribution in [0, 0.1) is 0 Å². The third kappa shape index (κ3) is 3.10. The number of thiophene rings is 1. The van der Waals surface area contributed by atoms with E-state index in [1.54, 1.807) is 11.3 Å². The van der Waals surface area contributed by atoms with Gasteiger partial charge < -0.3 is 10.6 Å². The normalized spacial score (nSPS) is 17.4. The fraction of sp³-hybridized carbons (Fsp3) is 0.615. The minimum absolute atomic E-state index is 0.150. The molecule has 5 heteroatoms. The van der Waals surface area contributed by atoms with Crippen LogP contribution in [0.1, 0.15) is 23.8 Å². The summed E-state index contributed by atoms with van der Waals surface area (Å²) in [6, 6.07) is 4.26. The topological polar surface area (TPSA) is 49.6 Å². The van der Waals surface area contributed by atoms with E-state index >= 15 is 0 Å². The number of carbonyl (C=O) groups is 1. The summed E-state index contributed by atoms with van der Waals surface area (Å²) < 4.78 is 0. The highest BCUT2D eigenvalue weighted by Crippen LogP contribution is 2.23. The molecule has 1 saturated heterocycles. The second kappa shape index (κ2) is 6.31. The zero-order valence-corrected chi connectivity index (χ0v) is 11.7. The monoisotopic (exact) mass is 267 g/mol. The lowest BCUT2D eigenvalue weighted by Crippen LogP contribution is -2.40. The summed E-state index contributed by atoms with van der Waals surface area (Å²) >= 11 is 1.70. The van der Waals surface area contributed by atoms with Gasteiger partial charge in [-0.1, -0.05) is 6.07 Å². The van der Waals surface area contributed by atoms with Gasteiger partial charge >= 0.3 is 0 Å². The van der Waals surface area contributed by atoms with Crippen molar-refractivity contribution in [3.05, 3.63) is 22.4 Å². The molecule has 2 N–H and O–H groups in total. The van der Waals surface area contributed by atoms with Crippen molar-refractivity contribution in [2.45, 2.75) is 18.9 Å². The van der Waals surface area contributed by atoms with E-state index in [4.69, 9.17) is 5.73 Å². The lowest BCUT2D eigenvalue weighted by Gasteiger charge is -2.27. The molecule has 18 heavy (non-hydrogen) atoms. The average molecular weight is 267 g/mol. The van der Waals surface area contributed by atoms with Gasteiger partial charge in [0.2, 0.25) is 5.91 Å². The molecule has 0 radical (unpaired) electrons. The summed E-state index contributed by atoms with van der Waals surface area (Å²) in [5.41, 5.74) is 5.83. The van der Waals surface area contributed by atoms with Crippen molar-refractivity contribution in [2.24, 2.45) is 5.73 Å². The number of likely N-dealkylation sites (tertiary alicyclic amines) is 1. The highest BCUT2D eigenvalue weighted by Gasteiger charge is 2.23. The van der Waals surface area contributed by atoms with Gasteiger partial charge in [-0.3, -0.25) is 9.69 Å². The third-order valence-corrected chi connectivity index (χ3v) is 4.44. The predicted molar refractivity (Wildman–Crippen MR) is 74.6 cm³/mol. The standard InChI is InChI=1S/C13H21N3OS/c1-15(10-13(17)16-6-2-3-7-16)11(9-14)12-5-4-8-18-12/h4-5,8,11H,2-3,6-7,9-10,14H2,1H3. The SMILES string of the molecule is CN(CC(=O)N1CCCC1)C(CN)c1cccs1. The van der Waals surface area contributed by atoms with Gasteiger partial charge in [0, 0.05) is 24.5 Å². The highest BCUT2D eigenvalue weighted by atomic mass is 32.1. The van der Waals surface area contributed by atoms with Crippen molar-refractivity contribution in [3.8, 4) is 0 Å². The Bertz CT molecular complexity index is 374. The molecular formula is C13H21N3OS. The van der Waals surface area contributed by atoms with Crippen molar-refractivity contribution in [1.82, 2.24) is 9.80 Å². The molecule has 1 unspecified atom stereocenters. The van der Waals surface area contributed by atoms with Crippen LogP contribution in [-0.2, 0) is 4.79 Å². The van der Waals surface area contributed by atoms with Gasteiger partial charge in [-0.15, -0.1) is 11.3 Å². The van der Waals surface area contributed by atoms with Gasteiger partial charge in [-0.05, 0) is 31.3 Å². The Morgan fingerprint density at radius 1 is 1.56 bits per heavy atom. The largest absolute Gasteiger partial charge is 0.342 e. The number of hydrogen-bond acceptors (Lipinski definition) is 4. The molecule has 1 amide bonds. The molecule has 1 aliphatic rings. The van der Waals surface area contributed by atoms with Crippen LogP contribution in [0.15, 0.2) is 17.5 Å². The molecule has 4 nitrogen and oxygen atoms in total. The molecule has 1 aromatic rings. The zero-order valence-electron chi connectivity index (χ0n) is 10.8. The molecule has 2 heterocycles. The molecule has 1 aromatic heterocycles. The first-order chi connectivity index (χ1) is 8.72. The van der Waals surface area contributed by atoms with Crippen LogP contribution in [0.4, 0.5) is 0 Å². The first-order valence-electron chi connectivity index (χ1n) is 6.44. The summed E-state index contributed by atoms with van der Waals surface area (Å²) in [6.45, 7) is 2.84. The molecule has 0 spiro atoms. The van der Waals surface area contributed by atoms with E-state index in [1.165, 1.54) is 4.88 Å². The lowest BCUT2D eigenvalue weighted by molar-refractivity contribution is -0.131. The van der Waals surface area contributed by atoms with Gasteiger partial charge in [0.1, 0.15) is 0 Å². The molecule has 0 aromatic carbocycles. The Balaban J connectivity index is 1.93. The molecule has 0 aliphatic carbocycles. The summed E-state index contributed by atoms with van der Waals surface area (Å²) in [4.78, 5) is 17.3. The molecule has 0 bridgehead atoms. The number of rotatable bonds is 5. The summed E-state index contributed by atoms with van der Waals surface area (Å²) in [5, 5.41) is 2.05. The summed E-state index contributed by atoms with van der Waals surface area (Å²) in [6.07, 6.45) is 2.28. The van der Waals surface area contributed by atoms with Crippen molar-refractivity contribution >= 4 is 17.2 Å². The van der Waals surface area contributed by atoms with Crippen LogP contribution in [0.3, 0.4) is 0 Å². The molecule has 1 atom stereocenters. The van der Waals surface area contributed by atoms with Gasteiger partial charge in [0.25, 0.3) is 0 Å². The van der Waals surface area contributed by atoms with Crippen LogP contribution in [-0.4, -0.2) is 48.9 Å². The van der Waals surface area contributed by atoms with Crippen molar-refractivity contribution < 1.29 is 4.79 Å². The predicted octanol–water partition coefficient (Wildman–Crippen LogP) is 1.30. The van der Waals surface area contributed by atoms with Crippen LogP contribution in [0.2, 0.25) is 0 Å². The minimum Gasteiger partial charge on any atom is -0.342 e. The average Bonchev–Trinajstić information content (AvgIpc) is 3.03. The van der Waals surface area contributed by atoms with Crippen LogP contribution in [0.5, 0.6) is 0 Å². The molecule has 2 rings (SSSR count). The van der Waals surface area contributed by atoms with Gasteiger partial charge in [-0.25, -0.2) is 0 Å². The zero-order chi connectivity index (χ0) is 13.0. The van der Waals surface area contributed by atoms with Gasteiger partial charge in [0.05, 0.1) is 12.6 Å². The maximum absolute atomic E-state index is 12.1. The smallest absolute Gasteiger partial charge is 0.236 e. The number of likely N-dealkylation sites (N-methyl/N-ethyl adjacent to an activating group) is 1. The van der Waals surface area contributed by atoms with Gasteiger partial charge in [0.15, 0.2) is 0 Å². The van der Waals surface area contributed by atoms with E-state index in [2.05, 4.69) is 11.0 Å². The number of amides is 1. The molecule has 100 valence electrons. The number of nitrogens with two attached hydrogens (primary N) is 1. The highest BCUT2D eigenvalue weighted by molar-refractivity contribution is 7.10. The van der Waals surface area contributed by atoms with E-state index < -0.39 is 0 Å². The van der Waals surface area contributed by atoms with E-state index in [-0.39, 0.29) is 11.9 Å². The van der Waals surface area contributed by atoms with Crippen molar-refractivity contribution in [2.75, 3.05) is 33.2 Å².